The van der Waals surface area contributed by atoms with E-state index in [1.165, 1.54) is 6.34 Å². The van der Waals surface area contributed by atoms with Crippen molar-refractivity contribution in [3.63, 3.8) is 0 Å². The first kappa shape index (κ1) is 8.30. The summed E-state index contributed by atoms with van der Waals surface area (Å²) >= 11 is 0. The van der Waals surface area contributed by atoms with E-state index in [0.29, 0.717) is 5.12 Å². The van der Waals surface area contributed by atoms with E-state index in [9.17, 15) is 4.48 Å². The van der Waals surface area contributed by atoms with Gasteiger partial charge in [0.05, 0.1) is 0 Å². The molecule has 11 heavy (non-hydrogen) atoms. The maximum atomic E-state index is 12.9. The van der Waals surface area contributed by atoms with Crippen molar-refractivity contribution in [3.05, 3.63) is 0 Å². The van der Waals surface area contributed by atoms with Crippen molar-refractivity contribution in [2.24, 2.45) is 5.10 Å². The van der Waals surface area contributed by atoms with Gasteiger partial charge in [-0.25, -0.2) is 0 Å². The molecule has 1 unspecified atom stereocenters. The third kappa shape index (κ3) is 1.61. The topological polar surface area (TPSA) is 18.8 Å². The minimum absolute atomic E-state index is 0.162. The van der Waals surface area contributed by atoms with Crippen LogP contribution in [0, 0.1) is 0 Å². The summed E-state index contributed by atoms with van der Waals surface area (Å²) in [5.74, 6) is 0. The maximum absolute atomic E-state index is 12.9. The highest BCUT2D eigenvalue weighted by Gasteiger charge is 2.25. The quantitative estimate of drug-likeness (QED) is 0.582. The molecule has 1 aliphatic rings. The molecule has 0 bridgehead atoms. The van der Waals surface area contributed by atoms with E-state index in [0.717, 1.165) is 19.4 Å². The van der Waals surface area contributed by atoms with Crippen LogP contribution in [-0.2, 0) is 0 Å². The first-order valence-corrected chi connectivity index (χ1v) is 4.04. The average molecular weight is 159 g/mol. The first-order valence-electron chi connectivity index (χ1n) is 4.04. The number of hydrazone groups is 1. The summed E-state index contributed by atoms with van der Waals surface area (Å²) in [7, 11) is 0. The summed E-state index contributed by atoms with van der Waals surface area (Å²) < 4.78 is 12.9. The molecular weight excluding hydrogens is 145 g/mol. The Morgan fingerprint density at radius 3 is 2.82 bits per heavy atom. The third-order valence-electron chi connectivity index (χ3n) is 1.81. The van der Waals surface area contributed by atoms with Gasteiger partial charge in [-0.2, -0.15) is 10.2 Å². The largest absolute Gasteiger partial charge is 0.271 e. The molecule has 1 aliphatic heterocycles. The standard InChI is InChI=1S/C7H14FN3/c1-3-5-7-10(8)6-9-11(7)4-2/h6-7H,3-5H2,1-2H3. The van der Waals surface area contributed by atoms with E-state index in [2.05, 4.69) is 5.10 Å². The van der Waals surface area contributed by atoms with Gasteiger partial charge >= 0.3 is 0 Å². The molecule has 0 saturated heterocycles. The van der Waals surface area contributed by atoms with E-state index in [1.807, 2.05) is 13.8 Å². The van der Waals surface area contributed by atoms with Crippen LogP contribution in [0.25, 0.3) is 0 Å². The van der Waals surface area contributed by atoms with Crippen molar-refractivity contribution < 1.29 is 4.48 Å². The summed E-state index contributed by atoms with van der Waals surface area (Å²) in [5, 5.41) is 6.32. The first-order chi connectivity index (χ1) is 5.29. The maximum Gasteiger partial charge on any atom is 0.149 e. The minimum Gasteiger partial charge on any atom is -0.271 e. The van der Waals surface area contributed by atoms with Crippen LogP contribution in [-0.4, -0.2) is 29.2 Å². The van der Waals surface area contributed by atoms with E-state index in [1.54, 1.807) is 5.01 Å². The molecule has 0 aliphatic carbocycles. The molecule has 0 fully saturated rings. The van der Waals surface area contributed by atoms with Gasteiger partial charge in [0.25, 0.3) is 0 Å². The Kier molecular flexibility index (Phi) is 2.68. The van der Waals surface area contributed by atoms with Crippen LogP contribution in [0.5, 0.6) is 0 Å². The Morgan fingerprint density at radius 1 is 1.55 bits per heavy atom. The molecule has 0 spiro atoms. The lowest BCUT2D eigenvalue weighted by atomic mass is 10.2. The summed E-state index contributed by atoms with van der Waals surface area (Å²) in [6.45, 7) is 4.78. The number of hydrogen-bond acceptors (Lipinski definition) is 3. The Balaban J connectivity index is 2.47. The lowest BCUT2D eigenvalue weighted by molar-refractivity contribution is 0.00212. The molecular formula is C7H14FN3. The minimum atomic E-state index is -0.162. The predicted molar refractivity (Wildman–Crippen MR) is 42.5 cm³/mol. The van der Waals surface area contributed by atoms with Gasteiger partial charge in [0.1, 0.15) is 12.5 Å². The zero-order valence-corrected chi connectivity index (χ0v) is 7.00. The van der Waals surface area contributed by atoms with Crippen LogP contribution in [0.1, 0.15) is 26.7 Å². The van der Waals surface area contributed by atoms with Gasteiger partial charge in [0.2, 0.25) is 0 Å². The van der Waals surface area contributed by atoms with Gasteiger partial charge in [-0.05, 0) is 13.3 Å². The van der Waals surface area contributed by atoms with Gasteiger partial charge in [-0.3, -0.25) is 5.01 Å². The molecule has 0 saturated carbocycles. The van der Waals surface area contributed by atoms with Crippen LogP contribution in [0.3, 0.4) is 0 Å². The molecule has 1 rings (SSSR count). The summed E-state index contributed by atoms with van der Waals surface area (Å²) in [6, 6.07) is 0. The number of halogens is 1. The second-order valence-electron chi connectivity index (χ2n) is 2.60. The fraction of sp³-hybridized carbons (Fsp3) is 0.857. The second-order valence-corrected chi connectivity index (χ2v) is 2.60. The monoisotopic (exact) mass is 159 g/mol. The Hall–Kier alpha value is -0.800. The molecule has 0 aromatic carbocycles. The second kappa shape index (κ2) is 3.55. The van der Waals surface area contributed by atoms with Gasteiger partial charge < -0.3 is 0 Å². The average Bonchev–Trinajstić information content (AvgIpc) is 2.34. The van der Waals surface area contributed by atoms with Crippen molar-refractivity contribution in [2.75, 3.05) is 6.54 Å². The zero-order valence-electron chi connectivity index (χ0n) is 7.00. The highest BCUT2D eigenvalue weighted by Crippen LogP contribution is 2.16. The van der Waals surface area contributed by atoms with Gasteiger partial charge in [0, 0.05) is 6.54 Å². The predicted octanol–water partition coefficient (Wildman–Crippen LogP) is 1.58. The van der Waals surface area contributed by atoms with E-state index >= 15 is 0 Å². The highest BCUT2D eigenvalue weighted by molar-refractivity contribution is 5.55. The Bertz CT molecular complexity index is 149. The molecule has 0 aromatic rings. The van der Waals surface area contributed by atoms with Crippen LogP contribution in [0.15, 0.2) is 5.10 Å². The van der Waals surface area contributed by atoms with E-state index in [-0.39, 0.29) is 6.17 Å². The van der Waals surface area contributed by atoms with Crippen LogP contribution in [0.4, 0.5) is 4.48 Å². The highest BCUT2D eigenvalue weighted by atomic mass is 19.2. The van der Waals surface area contributed by atoms with Crippen LogP contribution in [0.2, 0.25) is 0 Å². The van der Waals surface area contributed by atoms with Crippen molar-refractivity contribution in [2.45, 2.75) is 32.9 Å². The number of rotatable bonds is 3. The summed E-state index contributed by atoms with van der Waals surface area (Å²) in [6.07, 6.45) is 2.88. The Labute approximate surface area is 66.4 Å². The van der Waals surface area contributed by atoms with Gasteiger partial charge in [0.15, 0.2) is 0 Å². The molecule has 1 atom stereocenters. The Morgan fingerprint density at radius 2 is 2.27 bits per heavy atom. The zero-order chi connectivity index (χ0) is 8.27. The lowest BCUT2D eigenvalue weighted by Gasteiger charge is -2.23. The molecule has 0 amide bonds. The van der Waals surface area contributed by atoms with Gasteiger partial charge in [-0.1, -0.05) is 17.8 Å². The molecule has 0 aromatic heterocycles. The van der Waals surface area contributed by atoms with Crippen LogP contribution >= 0.6 is 0 Å². The normalized spacial score (nSPS) is 23.4. The van der Waals surface area contributed by atoms with Crippen molar-refractivity contribution in [1.82, 2.24) is 10.1 Å². The molecule has 3 nitrogen and oxygen atoms in total. The third-order valence-corrected chi connectivity index (χ3v) is 1.81. The SMILES string of the molecule is CCCC1N(F)C=NN1CC. The van der Waals surface area contributed by atoms with Crippen molar-refractivity contribution >= 4 is 6.34 Å². The van der Waals surface area contributed by atoms with Crippen molar-refractivity contribution in [1.29, 1.82) is 0 Å². The van der Waals surface area contributed by atoms with E-state index < -0.39 is 0 Å². The van der Waals surface area contributed by atoms with Crippen molar-refractivity contribution in [3.8, 4) is 0 Å². The molecule has 64 valence electrons. The summed E-state index contributed by atoms with van der Waals surface area (Å²) in [5.41, 5.74) is 0. The molecule has 0 N–H and O–H groups in total. The van der Waals surface area contributed by atoms with E-state index in [4.69, 9.17) is 0 Å². The molecule has 0 radical (unpaired) electrons. The smallest absolute Gasteiger partial charge is 0.149 e. The fourth-order valence-electron chi connectivity index (χ4n) is 1.22. The van der Waals surface area contributed by atoms with Crippen LogP contribution < -0.4 is 0 Å². The molecule has 1 heterocycles. The molecule has 4 heteroatoms. The summed E-state index contributed by atoms with van der Waals surface area (Å²) in [4.78, 5) is 0. The van der Waals surface area contributed by atoms with Gasteiger partial charge in [-0.15, -0.1) is 0 Å². The lowest BCUT2D eigenvalue weighted by Crippen LogP contribution is -2.34. The fourth-order valence-corrected chi connectivity index (χ4v) is 1.22. The number of nitrogens with zero attached hydrogens (tertiary/aromatic N) is 3. The number of hydrogen-bond donors (Lipinski definition) is 0.